The van der Waals surface area contributed by atoms with Crippen LogP contribution in [0.3, 0.4) is 0 Å². The summed E-state index contributed by atoms with van der Waals surface area (Å²) in [4.78, 5) is 25.0. The normalized spacial score (nSPS) is 50.1. The fourth-order valence-corrected chi connectivity index (χ4v) is 11.0. The van der Waals surface area contributed by atoms with Gasteiger partial charge in [0.1, 0.15) is 12.2 Å². The first-order valence-corrected chi connectivity index (χ1v) is 16.1. The zero-order valence-electron chi connectivity index (χ0n) is 26.6. The van der Waals surface area contributed by atoms with Gasteiger partial charge in [0.05, 0.1) is 18.3 Å². The molecule has 0 bridgehead atoms. The standard InChI is InChI=1S/C34H54O7/c1-16(2)18(4)33(8)15-24(33)17(3)23-14-26(40-19(5)35)28-27-25(38)13-21-12-22(37)10-11-32(21,7)29(27)30(41-20(6)36)31(39)34(23,28)9/h13,16-18,22-31,37-39H,10-12,14-15H2,1-9H3/t17-,18+,22-,23+,24+,25+,26-,27?,28?,29?,30-,31+,32-,33+,34+/m0/s1. The van der Waals surface area contributed by atoms with E-state index in [1.165, 1.54) is 13.8 Å². The first-order chi connectivity index (χ1) is 19.0. The van der Waals surface area contributed by atoms with Crippen molar-refractivity contribution in [2.24, 2.45) is 63.6 Å². The summed E-state index contributed by atoms with van der Waals surface area (Å²) in [5, 5.41) is 34.8. The fourth-order valence-electron chi connectivity index (χ4n) is 11.0. The number of rotatable bonds is 6. The Morgan fingerprint density at radius 3 is 2.17 bits per heavy atom. The molecule has 4 fully saturated rings. The van der Waals surface area contributed by atoms with Gasteiger partial charge in [0.2, 0.25) is 0 Å². The first-order valence-electron chi connectivity index (χ1n) is 16.1. The molecule has 5 aliphatic rings. The van der Waals surface area contributed by atoms with Crippen molar-refractivity contribution in [2.75, 3.05) is 0 Å². The molecule has 5 rings (SSSR count). The molecule has 3 N–H and O–H groups in total. The van der Waals surface area contributed by atoms with Crippen LogP contribution >= 0.6 is 0 Å². The van der Waals surface area contributed by atoms with Crippen LogP contribution in [0.1, 0.15) is 94.4 Å². The second-order valence-electron chi connectivity index (χ2n) is 15.7. The second kappa shape index (κ2) is 10.3. The van der Waals surface area contributed by atoms with E-state index in [9.17, 15) is 24.9 Å². The summed E-state index contributed by atoms with van der Waals surface area (Å²) in [7, 11) is 0. The van der Waals surface area contributed by atoms with Crippen molar-refractivity contribution < 1.29 is 34.4 Å². The van der Waals surface area contributed by atoms with E-state index in [1.807, 2.05) is 6.08 Å². The topological polar surface area (TPSA) is 113 Å². The average molecular weight is 575 g/mol. The Labute approximate surface area is 246 Å². The van der Waals surface area contributed by atoms with Crippen molar-refractivity contribution in [3.63, 3.8) is 0 Å². The molecule has 0 saturated heterocycles. The molecule has 0 amide bonds. The molecule has 232 valence electrons. The highest BCUT2D eigenvalue weighted by atomic mass is 16.6. The number of carbonyl (C=O) groups excluding carboxylic acids is 2. The molecule has 4 saturated carbocycles. The number of hydrogen-bond acceptors (Lipinski definition) is 7. The molecule has 0 aromatic heterocycles. The van der Waals surface area contributed by atoms with Crippen LogP contribution in [0.25, 0.3) is 0 Å². The van der Waals surface area contributed by atoms with Crippen LogP contribution in [0.15, 0.2) is 11.6 Å². The molecular formula is C34H54O7. The van der Waals surface area contributed by atoms with Crippen molar-refractivity contribution in [3.8, 4) is 0 Å². The monoisotopic (exact) mass is 574 g/mol. The molecule has 0 radical (unpaired) electrons. The molecule has 7 nitrogen and oxygen atoms in total. The van der Waals surface area contributed by atoms with Gasteiger partial charge >= 0.3 is 11.9 Å². The lowest BCUT2D eigenvalue weighted by molar-refractivity contribution is -0.238. The Morgan fingerprint density at radius 1 is 0.951 bits per heavy atom. The van der Waals surface area contributed by atoms with Crippen molar-refractivity contribution >= 4 is 11.9 Å². The van der Waals surface area contributed by atoms with E-state index in [0.717, 1.165) is 12.0 Å². The van der Waals surface area contributed by atoms with Crippen LogP contribution in [0.4, 0.5) is 0 Å². The average Bonchev–Trinajstić information content (AvgIpc) is 3.48. The van der Waals surface area contributed by atoms with E-state index in [0.29, 0.717) is 43.4 Å². The summed E-state index contributed by atoms with van der Waals surface area (Å²) in [6.07, 6.45) is 1.85. The molecule has 7 heteroatoms. The number of ether oxygens (including phenoxy) is 2. The van der Waals surface area contributed by atoms with Gasteiger partial charge in [-0.2, -0.15) is 0 Å². The largest absolute Gasteiger partial charge is 0.462 e. The first kappa shape index (κ1) is 31.0. The minimum Gasteiger partial charge on any atom is -0.462 e. The van der Waals surface area contributed by atoms with E-state index in [-0.39, 0.29) is 41.0 Å². The van der Waals surface area contributed by atoms with E-state index in [1.54, 1.807) is 0 Å². The molecule has 15 atom stereocenters. The van der Waals surface area contributed by atoms with Crippen molar-refractivity contribution in [1.29, 1.82) is 0 Å². The Bertz CT molecular complexity index is 1080. The highest BCUT2D eigenvalue weighted by molar-refractivity contribution is 5.67. The summed E-state index contributed by atoms with van der Waals surface area (Å²) in [5.41, 5.74) is -0.00389. The van der Waals surface area contributed by atoms with Gasteiger partial charge < -0.3 is 24.8 Å². The highest BCUT2D eigenvalue weighted by Gasteiger charge is 2.73. The molecule has 0 aromatic rings. The maximum absolute atomic E-state index is 12.6. The zero-order chi connectivity index (χ0) is 30.4. The van der Waals surface area contributed by atoms with Crippen molar-refractivity contribution in [2.45, 2.75) is 125 Å². The Balaban J connectivity index is 1.61. The summed E-state index contributed by atoms with van der Waals surface area (Å²) in [6.45, 7) is 18.7. The van der Waals surface area contributed by atoms with Crippen LogP contribution < -0.4 is 0 Å². The minimum atomic E-state index is -0.978. The maximum atomic E-state index is 12.6. The Hall–Kier alpha value is -1.44. The summed E-state index contributed by atoms with van der Waals surface area (Å²) in [5.74, 6) is 0.0762. The van der Waals surface area contributed by atoms with Crippen LogP contribution in [-0.4, -0.2) is 57.8 Å². The van der Waals surface area contributed by atoms with E-state index in [2.05, 4.69) is 48.5 Å². The number of carbonyl (C=O) groups is 2. The van der Waals surface area contributed by atoms with Gasteiger partial charge in [-0.1, -0.05) is 60.1 Å². The van der Waals surface area contributed by atoms with E-state index in [4.69, 9.17) is 9.47 Å². The predicted octanol–water partition coefficient (Wildman–Crippen LogP) is 4.91. The predicted molar refractivity (Wildman–Crippen MR) is 155 cm³/mol. The van der Waals surface area contributed by atoms with Gasteiger partial charge in [0, 0.05) is 37.0 Å². The minimum absolute atomic E-state index is 0.0237. The number of aliphatic hydroxyl groups is 3. The molecule has 5 aliphatic carbocycles. The van der Waals surface area contributed by atoms with Gasteiger partial charge in [0.25, 0.3) is 0 Å². The Kier molecular flexibility index (Phi) is 7.81. The smallest absolute Gasteiger partial charge is 0.303 e. The van der Waals surface area contributed by atoms with Gasteiger partial charge in [-0.25, -0.2) is 0 Å². The summed E-state index contributed by atoms with van der Waals surface area (Å²) >= 11 is 0. The lowest BCUT2D eigenvalue weighted by Gasteiger charge is -2.63. The molecular weight excluding hydrogens is 520 g/mol. The summed E-state index contributed by atoms with van der Waals surface area (Å²) < 4.78 is 12.2. The number of aliphatic hydroxyl groups excluding tert-OH is 3. The second-order valence-corrected chi connectivity index (χ2v) is 15.7. The van der Waals surface area contributed by atoms with E-state index >= 15 is 0 Å². The third-order valence-electron chi connectivity index (χ3n) is 13.5. The van der Waals surface area contributed by atoms with Gasteiger partial charge in [-0.15, -0.1) is 0 Å². The number of hydrogen-bond donors (Lipinski definition) is 3. The lowest BCUT2D eigenvalue weighted by atomic mass is 9.44. The van der Waals surface area contributed by atoms with Gasteiger partial charge in [-0.3, -0.25) is 9.59 Å². The van der Waals surface area contributed by atoms with Gasteiger partial charge in [-0.05, 0) is 72.5 Å². The molecule has 0 aliphatic heterocycles. The lowest BCUT2D eigenvalue weighted by Crippen LogP contribution is -2.68. The molecule has 3 unspecified atom stereocenters. The quantitative estimate of drug-likeness (QED) is 0.305. The molecule has 0 heterocycles. The van der Waals surface area contributed by atoms with Crippen LogP contribution in [0.2, 0.25) is 0 Å². The van der Waals surface area contributed by atoms with Crippen LogP contribution in [0.5, 0.6) is 0 Å². The van der Waals surface area contributed by atoms with Crippen LogP contribution in [-0.2, 0) is 19.1 Å². The van der Waals surface area contributed by atoms with E-state index < -0.39 is 47.3 Å². The number of esters is 2. The third-order valence-corrected chi connectivity index (χ3v) is 13.5. The molecule has 0 spiro atoms. The van der Waals surface area contributed by atoms with Crippen LogP contribution in [0, 0.1) is 63.6 Å². The Morgan fingerprint density at radius 2 is 1.59 bits per heavy atom. The molecule has 0 aromatic carbocycles. The molecule has 41 heavy (non-hydrogen) atoms. The van der Waals surface area contributed by atoms with Crippen molar-refractivity contribution in [1.82, 2.24) is 0 Å². The van der Waals surface area contributed by atoms with Crippen molar-refractivity contribution in [3.05, 3.63) is 11.6 Å². The fraction of sp³-hybridized carbons (Fsp3) is 0.882. The maximum Gasteiger partial charge on any atom is 0.303 e. The summed E-state index contributed by atoms with van der Waals surface area (Å²) in [6, 6.07) is 0. The highest BCUT2D eigenvalue weighted by Crippen LogP contribution is 2.71. The zero-order valence-corrected chi connectivity index (χ0v) is 26.6. The third kappa shape index (κ3) is 4.63. The number of fused-ring (bicyclic) bond motifs is 5. The van der Waals surface area contributed by atoms with Gasteiger partial charge in [0.15, 0.2) is 0 Å². The SMILES string of the molecule is CC(=O)O[C@H]1C[C@H]([C@H](C)[C@H]2C[C@]2(C)[C@H](C)C(C)C)[C@]2(C)C1C1C([C@H](OC(C)=O)[C@H]2O)[C@@]2(C)CC[C@H](O)CC2=C[C@H]1O.